The van der Waals surface area contributed by atoms with Gasteiger partial charge in [0.05, 0.1) is 4.88 Å². The first-order valence-electron chi connectivity index (χ1n) is 7.13. The van der Waals surface area contributed by atoms with Gasteiger partial charge in [-0.1, -0.05) is 18.2 Å². The Morgan fingerprint density at radius 2 is 2.08 bits per heavy atom. The van der Waals surface area contributed by atoms with Gasteiger partial charge in [0.25, 0.3) is 5.56 Å². The number of halogens is 1. The van der Waals surface area contributed by atoms with E-state index in [9.17, 15) is 14.4 Å². The van der Waals surface area contributed by atoms with Crippen LogP contribution >= 0.6 is 11.3 Å². The van der Waals surface area contributed by atoms with Gasteiger partial charge in [0, 0.05) is 13.6 Å². The van der Waals surface area contributed by atoms with Crippen molar-refractivity contribution in [2.75, 3.05) is 5.32 Å². The second kappa shape index (κ2) is 6.64. The molecule has 0 fully saturated rings. The second-order valence-electron chi connectivity index (χ2n) is 5.09. The van der Waals surface area contributed by atoms with Crippen LogP contribution in [-0.4, -0.2) is 9.55 Å². The molecule has 0 radical (unpaired) electrons. The van der Waals surface area contributed by atoms with E-state index in [1.807, 2.05) is 23.6 Å². The van der Waals surface area contributed by atoms with Crippen LogP contribution in [0.4, 0.5) is 10.3 Å². The SMILES string of the molecule is Cn1c(NCc2ccc(F)cc2)nc(-c2cccs2)c(C#N)c1=O. The van der Waals surface area contributed by atoms with Gasteiger partial charge in [0.2, 0.25) is 5.95 Å². The maximum absolute atomic E-state index is 13.0. The van der Waals surface area contributed by atoms with E-state index in [1.165, 1.54) is 28.0 Å². The Hall–Kier alpha value is -2.98. The summed E-state index contributed by atoms with van der Waals surface area (Å²) in [5, 5.41) is 14.2. The molecule has 120 valence electrons. The smallest absolute Gasteiger partial charge is 0.273 e. The van der Waals surface area contributed by atoms with Crippen molar-refractivity contribution in [3.63, 3.8) is 0 Å². The highest BCUT2D eigenvalue weighted by Gasteiger charge is 2.16. The number of thiophene rings is 1. The molecule has 2 heterocycles. The molecular formula is C17H13FN4OS. The molecule has 2 aromatic heterocycles. The average Bonchev–Trinajstić information content (AvgIpc) is 3.12. The van der Waals surface area contributed by atoms with Gasteiger partial charge in [0.1, 0.15) is 23.1 Å². The van der Waals surface area contributed by atoms with Crippen LogP contribution in [0.3, 0.4) is 0 Å². The molecule has 7 heteroatoms. The number of rotatable bonds is 4. The topological polar surface area (TPSA) is 70.7 Å². The molecule has 0 aliphatic carbocycles. The van der Waals surface area contributed by atoms with E-state index in [2.05, 4.69) is 10.3 Å². The van der Waals surface area contributed by atoms with Gasteiger partial charge in [-0.2, -0.15) is 5.26 Å². The monoisotopic (exact) mass is 340 g/mol. The minimum Gasteiger partial charge on any atom is -0.351 e. The first-order chi connectivity index (χ1) is 11.6. The van der Waals surface area contributed by atoms with Crippen molar-refractivity contribution in [3.8, 4) is 16.6 Å². The van der Waals surface area contributed by atoms with Crippen molar-refractivity contribution in [1.29, 1.82) is 5.26 Å². The lowest BCUT2D eigenvalue weighted by molar-refractivity contribution is 0.627. The van der Waals surface area contributed by atoms with Crippen molar-refractivity contribution in [2.45, 2.75) is 6.54 Å². The van der Waals surface area contributed by atoms with Gasteiger partial charge in [-0.25, -0.2) is 9.37 Å². The van der Waals surface area contributed by atoms with Crippen LogP contribution in [-0.2, 0) is 13.6 Å². The molecule has 0 saturated heterocycles. The molecule has 0 spiro atoms. The van der Waals surface area contributed by atoms with Crippen LogP contribution in [0.25, 0.3) is 10.6 Å². The van der Waals surface area contributed by atoms with Gasteiger partial charge < -0.3 is 5.32 Å². The van der Waals surface area contributed by atoms with Crippen molar-refractivity contribution in [3.05, 3.63) is 69.1 Å². The van der Waals surface area contributed by atoms with E-state index in [0.717, 1.165) is 10.4 Å². The lowest BCUT2D eigenvalue weighted by Crippen LogP contribution is -2.25. The minimum atomic E-state index is -0.405. The first-order valence-corrected chi connectivity index (χ1v) is 8.01. The van der Waals surface area contributed by atoms with Gasteiger partial charge >= 0.3 is 0 Å². The summed E-state index contributed by atoms with van der Waals surface area (Å²) >= 11 is 1.41. The van der Waals surface area contributed by atoms with Crippen molar-refractivity contribution < 1.29 is 4.39 Å². The molecule has 1 N–H and O–H groups in total. The van der Waals surface area contributed by atoms with E-state index >= 15 is 0 Å². The highest BCUT2D eigenvalue weighted by molar-refractivity contribution is 7.13. The Balaban J connectivity index is 1.98. The molecule has 0 bridgehead atoms. The standard InChI is InChI=1S/C17H13FN4OS/c1-22-16(23)13(9-19)15(14-3-2-8-24-14)21-17(22)20-10-11-4-6-12(18)7-5-11/h2-8H,10H2,1H3,(H,20,21). The largest absolute Gasteiger partial charge is 0.351 e. The summed E-state index contributed by atoms with van der Waals surface area (Å²) in [4.78, 5) is 17.6. The lowest BCUT2D eigenvalue weighted by Gasteiger charge is -2.12. The zero-order chi connectivity index (χ0) is 17.1. The zero-order valence-corrected chi connectivity index (χ0v) is 13.6. The predicted octanol–water partition coefficient (Wildman–Crippen LogP) is 3.13. The molecule has 5 nitrogen and oxygen atoms in total. The number of nitriles is 1. The summed E-state index contributed by atoms with van der Waals surface area (Å²) in [6.07, 6.45) is 0. The maximum atomic E-state index is 13.0. The van der Waals surface area contributed by atoms with E-state index in [0.29, 0.717) is 18.2 Å². The number of nitrogens with one attached hydrogen (secondary N) is 1. The van der Waals surface area contributed by atoms with Crippen molar-refractivity contribution in [2.24, 2.45) is 7.05 Å². The Morgan fingerprint density at radius 1 is 1.33 bits per heavy atom. The number of hydrogen-bond donors (Lipinski definition) is 1. The summed E-state index contributed by atoms with van der Waals surface area (Å²) in [5.41, 5.74) is 0.842. The Kier molecular flexibility index (Phi) is 4.40. The lowest BCUT2D eigenvalue weighted by atomic mass is 10.2. The summed E-state index contributed by atoms with van der Waals surface area (Å²) in [7, 11) is 1.56. The van der Waals surface area contributed by atoms with Crippen molar-refractivity contribution in [1.82, 2.24) is 9.55 Å². The molecule has 3 rings (SSSR count). The van der Waals surface area contributed by atoms with Crippen LogP contribution in [0.5, 0.6) is 0 Å². The maximum Gasteiger partial charge on any atom is 0.273 e. The molecule has 0 amide bonds. The molecule has 24 heavy (non-hydrogen) atoms. The van der Waals surface area contributed by atoms with Crippen LogP contribution < -0.4 is 10.9 Å². The van der Waals surface area contributed by atoms with Crippen LogP contribution in [0.15, 0.2) is 46.6 Å². The highest BCUT2D eigenvalue weighted by Crippen LogP contribution is 2.25. The van der Waals surface area contributed by atoms with E-state index < -0.39 is 5.56 Å². The molecule has 1 aromatic carbocycles. The number of benzene rings is 1. The number of aromatic nitrogens is 2. The van der Waals surface area contributed by atoms with Crippen LogP contribution in [0.2, 0.25) is 0 Å². The quantitative estimate of drug-likeness (QED) is 0.792. The molecule has 0 saturated carbocycles. The predicted molar refractivity (Wildman–Crippen MR) is 91.2 cm³/mol. The normalized spacial score (nSPS) is 10.4. The number of nitrogens with zero attached hydrogens (tertiary/aromatic N) is 3. The molecular weight excluding hydrogens is 327 g/mol. The second-order valence-corrected chi connectivity index (χ2v) is 6.04. The Labute approximate surface area is 141 Å². The van der Waals surface area contributed by atoms with E-state index in [1.54, 1.807) is 19.2 Å². The van der Waals surface area contributed by atoms with Gasteiger partial charge in [-0.15, -0.1) is 11.3 Å². The van der Waals surface area contributed by atoms with Crippen LogP contribution in [0.1, 0.15) is 11.1 Å². The van der Waals surface area contributed by atoms with Crippen molar-refractivity contribution >= 4 is 17.3 Å². The summed E-state index contributed by atoms with van der Waals surface area (Å²) < 4.78 is 14.3. The highest BCUT2D eigenvalue weighted by atomic mass is 32.1. The van der Waals surface area contributed by atoms with E-state index in [-0.39, 0.29) is 11.4 Å². The third-order valence-electron chi connectivity index (χ3n) is 3.52. The number of anilines is 1. The fourth-order valence-electron chi connectivity index (χ4n) is 2.24. The zero-order valence-electron chi connectivity index (χ0n) is 12.8. The number of hydrogen-bond acceptors (Lipinski definition) is 5. The average molecular weight is 340 g/mol. The molecule has 0 atom stereocenters. The molecule has 3 aromatic rings. The first kappa shape index (κ1) is 15.9. The van der Waals surface area contributed by atoms with Gasteiger partial charge in [-0.3, -0.25) is 9.36 Å². The third-order valence-corrected chi connectivity index (χ3v) is 4.40. The molecule has 0 aliphatic heterocycles. The fraction of sp³-hybridized carbons (Fsp3) is 0.118. The van der Waals surface area contributed by atoms with Gasteiger partial charge in [-0.05, 0) is 29.1 Å². The fourth-order valence-corrected chi connectivity index (χ4v) is 2.96. The van der Waals surface area contributed by atoms with Crippen LogP contribution in [0, 0.1) is 17.1 Å². The Bertz CT molecular complexity index is 956. The molecule has 0 aliphatic rings. The third kappa shape index (κ3) is 3.05. The van der Waals surface area contributed by atoms with Gasteiger partial charge in [0.15, 0.2) is 0 Å². The minimum absolute atomic E-state index is 0.0206. The summed E-state index contributed by atoms with van der Waals surface area (Å²) in [6.45, 7) is 0.385. The van der Waals surface area contributed by atoms with E-state index in [4.69, 9.17) is 0 Å². The molecule has 0 unspecified atom stereocenters. The Morgan fingerprint density at radius 3 is 2.71 bits per heavy atom. The summed E-state index contributed by atoms with van der Waals surface area (Å²) in [6, 6.07) is 11.7. The summed E-state index contributed by atoms with van der Waals surface area (Å²) in [5.74, 6) is 0.0503.